The second-order valence-corrected chi connectivity index (χ2v) is 5.75. The van der Waals surface area contributed by atoms with E-state index in [2.05, 4.69) is 25.3 Å². The van der Waals surface area contributed by atoms with Gasteiger partial charge in [0.05, 0.1) is 6.61 Å². The average Bonchev–Trinajstić information content (AvgIpc) is 2.60. The molecule has 0 bridgehead atoms. The van der Waals surface area contributed by atoms with Crippen molar-refractivity contribution < 1.29 is 19.3 Å². The summed E-state index contributed by atoms with van der Waals surface area (Å²) in [5.74, 6) is 0.616. The molecule has 0 saturated heterocycles. The Morgan fingerprint density at radius 2 is 1.48 bits per heavy atom. The molecule has 4 nitrogen and oxygen atoms in total. The molecule has 0 radical (unpaired) electrons. The number of rotatable bonds is 8. The third-order valence-corrected chi connectivity index (χ3v) is 3.38. The van der Waals surface area contributed by atoms with Gasteiger partial charge in [0.2, 0.25) is 0 Å². The van der Waals surface area contributed by atoms with Crippen molar-refractivity contribution in [2.24, 2.45) is 0 Å². The highest BCUT2D eigenvalue weighted by atomic mass is 17.2. The highest BCUT2D eigenvalue weighted by molar-refractivity contribution is 5.88. The van der Waals surface area contributed by atoms with Crippen LogP contribution in [0.5, 0.6) is 5.75 Å². The fourth-order valence-corrected chi connectivity index (χ4v) is 2.08. The maximum atomic E-state index is 11.5. The Morgan fingerprint density at radius 3 is 2.00 bits per heavy atom. The van der Waals surface area contributed by atoms with Gasteiger partial charge in [-0.1, -0.05) is 49.6 Å². The lowest BCUT2D eigenvalue weighted by atomic mass is 10.0. The van der Waals surface area contributed by atoms with E-state index < -0.39 is 5.97 Å². The van der Waals surface area contributed by atoms with Crippen LogP contribution in [-0.2, 0) is 21.0 Å². The van der Waals surface area contributed by atoms with Crippen molar-refractivity contribution in [1.29, 1.82) is 0 Å². The van der Waals surface area contributed by atoms with Gasteiger partial charge in [0.25, 0.3) is 0 Å². The molecule has 0 N–H and O–H groups in total. The normalized spacial score (nSPS) is 10.2. The third kappa shape index (κ3) is 5.94. The summed E-state index contributed by atoms with van der Waals surface area (Å²) < 4.78 is 5.19. The molecule has 0 aliphatic heterocycles. The zero-order chi connectivity index (χ0) is 18.2. The van der Waals surface area contributed by atoms with Crippen LogP contribution < -0.4 is 4.74 Å². The van der Waals surface area contributed by atoms with E-state index in [1.165, 1.54) is 0 Å². The second kappa shape index (κ2) is 8.85. The van der Waals surface area contributed by atoms with E-state index in [-0.39, 0.29) is 0 Å². The molecule has 0 saturated carbocycles. The van der Waals surface area contributed by atoms with Crippen LogP contribution in [0.15, 0.2) is 73.0 Å². The number of hydrogen-bond donors (Lipinski definition) is 0. The summed E-state index contributed by atoms with van der Waals surface area (Å²) >= 11 is 0. The highest BCUT2D eigenvalue weighted by Gasteiger charge is 2.05. The first-order valence-corrected chi connectivity index (χ1v) is 7.98. The molecule has 2 aromatic rings. The quantitative estimate of drug-likeness (QED) is 0.131. The van der Waals surface area contributed by atoms with E-state index in [0.717, 1.165) is 23.1 Å². The Bertz CT molecular complexity index is 742. The smallest absolute Gasteiger partial charge is 0.338 e. The number of esters is 1. The Balaban J connectivity index is 1.94. The van der Waals surface area contributed by atoms with E-state index in [0.29, 0.717) is 23.7 Å². The van der Waals surface area contributed by atoms with Crippen molar-refractivity contribution in [1.82, 2.24) is 0 Å². The molecule has 2 rings (SSSR count). The predicted molar refractivity (Wildman–Crippen MR) is 97.9 cm³/mol. The summed E-state index contributed by atoms with van der Waals surface area (Å²) in [6.45, 7) is 11.0. The summed E-state index contributed by atoms with van der Waals surface area (Å²) in [6, 6.07) is 15.6. The predicted octanol–water partition coefficient (Wildman–Crippen LogP) is 4.86. The molecule has 0 aliphatic carbocycles. The molecular weight excluding hydrogens is 316 g/mol. The minimum atomic E-state index is -0.421. The summed E-state index contributed by atoms with van der Waals surface area (Å²) in [7, 11) is 0. The van der Waals surface area contributed by atoms with Crippen molar-refractivity contribution in [2.45, 2.75) is 20.3 Å². The number of carbonyl (C=O) groups excluding carboxylic acids is 1. The molecule has 0 spiro atoms. The van der Waals surface area contributed by atoms with Crippen molar-refractivity contribution in [3.63, 3.8) is 0 Å². The zero-order valence-corrected chi connectivity index (χ0v) is 14.6. The average molecular weight is 338 g/mol. The van der Waals surface area contributed by atoms with Gasteiger partial charge in [-0.2, -0.15) is 4.89 Å². The maximum Gasteiger partial charge on any atom is 0.338 e. The van der Waals surface area contributed by atoms with Gasteiger partial charge in [-0.05, 0) is 49.1 Å². The standard InChI is InChI=1S/C21H22O4/c1-15(2)21(22)24-20-11-9-19(10-12-20)18-7-5-17(6-8-18)13-14-23-25-16(3)4/h5-12H,1,3,13-14H2,2,4H3. The van der Waals surface area contributed by atoms with E-state index >= 15 is 0 Å². The summed E-state index contributed by atoms with van der Waals surface area (Å²) in [6.07, 6.45) is 0.753. The second-order valence-electron chi connectivity index (χ2n) is 5.75. The van der Waals surface area contributed by atoms with Gasteiger partial charge >= 0.3 is 5.97 Å². The van der Waals surface area contributed by atoms with Crippen molar-refractivity contribution >= 4 is 5.97 Å². The minimum absolute atomic E-state index is 0.372. The summed E-state index contributed by atoms with van der Waals surface area (Å²) in [5.41, 5.74) is 3.66. The largest absolute Gasteiger partial charge is 0.423 e. The Kier molecular flexibility index (Phi) is 6.54. The molecule has 25 heavy (non-hydrogen) atoms. The summed E-state index contributed by atoms with van der Waals surface area (Å²) in [4.78, 5) is 21.4. The molecule has 2 aromatic carbocycles. The molecule has 130 valence electrons. The van der Waals surface area contributed by atoms with Gasteiger partial charge in [-0.3, -0.25) is 0 Å². The highest BCUT2D eigenvalue weighted by Crippen LogP contribution is 2.23. The fourth-order valence-electron chi connectivity index (χ4n) is 2.08. The van der Waals surface area contributed by atoms with E-state index in [4.69, 9.17) is 14.5 Å². The van der Waals surface area contributed by atoms with Crippen molar-refractivity contribution in [3.8, 4) is 16.9 Å². The molecule has 0 atom stereocenters. The number of ether oxygens (including phenoxy) is 1. The van der Waals surface area contributed by atoms with Crippen molar-refractivity contribution in [3.05, 3.63) is 78.6 Å². The first-order chi connectivity index (χ1) is 12.0. The van der Waals surface area contributed by atoms with Crippen LogP contribution in [0, 0.1) is 0 Å². The number of carbonyl (C=O) groups is 1. The fraction of sp³-hybridized carbons (Fsp3) is 0.190. The lowest BCUT2D eigenvalue weighted by Gasteiger charge is -2.07. The number of allylic oxidation sites excluding steroid dienone is 1. The monoisotopic (exact) mass is 338 g/mol. The van der Waals surface area contributed by atoms with Crippen LogP contribution in [0.4, 0.5) is 0 Å². The van der Waals surface area contributed by atoms with E-state index in [1.54, 1.807) is 26.0 Å². The van der Waals surface area contributed by atoms with Gasteiger partial charge < -0.3 is 9.62 Å². The Hall–Kier alpha value is -2.85. The molecular formula is C21H22O4. The Morgan fingerprint density at radius 1 is 0.920 bits per heavy atom. The Labute approximate surface area is 148 Å². The van der Waals surface area contributed by atoms with Gasteiger partial charge in [0, 0.05) is 5.57 Å². The van der Waals surface area contributed by atoms with Crippen LogP contribution in [-0.4, -0.2) is 12.6 Å². The van der Waals surface area contributed by atoms with Crippen molar-refractivity contribution in [2.75, 3.05) is 6.61 Å². The van der Waals surface area contributed by atoms with Crippen LogP contribution in [0.1, 0.15) is 19.4 Å². The molecule has 4 heteroatoms. The summed E-state index contributed by atoms with van der Waals surface area (Å²) in [5, 5.41) is 0. The lowest BCUT2D eigenvalue weighted by molar-refractivity contribution is -0.260. The first-order valence-electron chi connectivity index (χ1n) is 7.98. The molecule has 0 unspecified atom stereocenters. The number of hydrogen-bond acceptors (Lipinski definition) is 4. The van der Waals surface area contributed by atoms with Gasteiger partial charge in [0.1, 0.15) is 11.5 Å². The van der Waals surface area contributed by atoms with Gasteiger partial charge in [0.15, 0.2) is 0 Å². The molecule has 0 aromatic heterocycles. The maximum absolute atomic E-state index is 11.5. The lowest BCUT2D eigenvalue weighted by Crippen LogP contribution is -2.07. The van der Waals surface area contributed by atoms with Gasteiger partial charge in [-0.15, -0.1) is 0 Å². The first kappa shape index (κ1) is 18.5. The molecule has 0 amide bonds. The van der Waals surface area contributed by atoms with E-state index in [9.17, 15) is 4.79 Å². The SMILES string of the molecule is C=C(C)OOCCc1ccc(-c2ccc(OC(=O)C(=C)C)cc2)cc1. The third-order valence-electron chi connectivity index (χ3n) is 3.38. The molecule has 0 heterocycles. The van der Waals surface area contributed by atoms with E-state index in [1.807, 2.05) is 24.3 Å². The van der Waals surface area contributed by atoms with Crippen LogP contribution in [0.25, 0.3) is 11.1 Å². The zero-order valence-electron chi connectivity index (χ0n) is 14.6. The van der Waals surface area contributed by atoms with Crippen LogP contribution in [0.3, 0.4) is 0 Å². The topological polar surface area (TPSA) is 44.8 Å². The molecule has 0 aliphatic rings. The van der Waals surface area contributed by atoms with Crippen LogP contribution >= 0.6 is 0 Å². The van der Waals surface area contributed by atoms with Crippen LogP contribution in [0.2, 0.25) is 0 Å². The minimum Gasteiger partial charge on any atom is -0.423 e. The molecule has 0 fully saturated rings. The van der Waals surface area contributed by atoms with Gasteiger partial charge in [-0.25, -0.2) is 4.79 Å². The number of benzene rings is 2.